The van der Waals surface area contributed by atoms with E-state index in [1.807, 2.05) is 6.08 Å². The summed E-state index contributed by atoms with van der Waals surface area (Å²) in [6, 6.07) is 0. The predicted octanol–water partition coefficient (Wildman–Crippen LogP) is 1.93. The van der Waals surface area contributed by atoms with E-state index >= 15 is 0 Å². The van der Waals surface area contributed by atoms with Crippen LogP contribution in [0.3, 0.4) is 0 Å². The van der Waals surface area contributed by atoms with Crippen LogP contribution >= 0.6 is 0 Å². The van der Waals surface area contributed by atoms with E-state index < -0.39 is 0 Å². The molecule has 0 fully saturated rings. The first-order chi connectivity index (χ1) is 6.00. The van der Waals surface area contributed by atoms with E-state index in [-0.39, 0.29) is 16.8 Å². The van der Waals surface area contributed by atoms with Gasteiger partial charge in [-0.25, -0.2) is 12.2 Å². The molecule has 0 heterocycles. The zero-order valence-electron chi connectivity index (χ0n) is 7.37. The van der Waals surface area contributed by atoms with Gasteiger partial charge in [-0.15, -0.1) is 6.42 Å². The maximum Gasteiger partial charge on any atom is 3.00 e. The first-order valence-corrected chi connectivity index (χ1v) is 3.69. The molecular weight excluding hydrogens is 211 g/mol. The number of hydrogen-bond donors (Lipinski definition) is 0. The van der Waals surface area contributed by atoms with Crippen molar-refractivity contribution in [2.24, 2.45) is 0 Å². The Morgan fingerprint density at radius 1 is 1.08 bits per heavy atom. The van der Waals surface area contributed by atoms with Gasteiger partial charge in [-0.05, 0) is 0 Å². The zero-order chi connectivity index (χ0) is 9.66. The molecule has 1 aliphatic rings. The Morgan fingerprint density at radius 2 is 1.69 bits per heavy atom. The summed E-state index contributed by atoms with van der Waals surface area (Å²) in [5.74, 6) is 0. The van der Waals surface area contributed by atoms with Crippen molar-refractivity contribution in [1.82, 2.24) is 0 Å². The van der Waals surface area contributed by atoms with Gasteiger partial charge in [0.15, 0.2) is 0 Å². The minimum Gasteiger partial charge on any atom is -0.545 e. The third-order valence-corrected chi connectivity index (χ3v) is 1.29. The monoisotopic (exact) mass is 224 g/mol. The Bertz CT molecular complexity index is 117. The summed E-state index contributed by atoms with van der Waals surface area (Å²) < 4.78 is 0. The molecule has 0 saturated heterocycles. The van der Waals surface area contributed by atoms with Crippen LogP contribution in [-0.4, -0.2) is 13.6 Å². The number of allylic oxidation sites excluding steroid dienone is 4. The summed E-state index contributed by atoms with van der Waals surface area (Å²) in [4.78, 5) is 15.5. The molecule has 74 valence electrons. The Kier molecular flexibility index (Phi) is 31.5. The molecule has 0 spiro atoms. The van der Waals surface area contributed by atoms with Crippen molar-refractivity contribution in [3.8, 4) is 0 Å². The van der Waals surface area contributed by atoms with Gasteiger partial charge in [0.25, 0.3) is 0 Å². The van der Waals surface area contributed by atoms with Gasteiger partial charge in [0.2, 0.25) is 0 Å². The number of carbonyl (C=O) groups excluding carboxylic acids is 2. The Balaban J connectivity index is -0.000000178. The summed E-state index contributed by atoms with van der Waals surface area (Å²) >= 11 is 0. The van der Waals surface area contributed by atoms with Gasteiger partial charge in [0.1, 0.15) is 0 Å². The maximum atomic E-state index is 7.75. The van der Waals surface area contributed by atoms with E-state index in [0.717, 1.165) is 6.42 Å². The number of rotatable bonds is 0. The fourth-order valence-corrected chi connectivity index (χ4v) is 0.805. The minimum absolute atomic E-state index is 0. The van der Waals surface area contributed by atoms with Crippen LogP contribution in [0, 0.1) is 6.08 Å². The van der Waals surface area contributed by atoms with Gasteiger partial charge < -0.3 is 9.59 Å². The van der Waals surface area contributed by atoms with Gasteiger partial charge in [-0.2, -0.15) is 6.08 Å². The Labute approximate surface area is 90.3 Å². The fourth-order valence-electron chi connectivity index (χ4n) is 0.805. The van der Waals surface area contributed by atoms with E-state index in [4.69, 9.17) is 9.59 Å². The third kappa shape index (κ3) is 18.4. The van der Waals surface area contributed by atoms with Crippen molar-refractivity contribution >= 4 is 13.6 Å². The smallest absolute Gasteiger partial charge is 0.545 e. The van der Waals surface area contributed by atoms with Crippen molar-refractivity contribution in [2.75, 3.05) is 0 Å². The molecule has 13 heavy (non-hydrogen) atoms. The summed E-state index contributed by atoms with van der Waals surface area (Å²) in [5, 5.41) is 0. The Morgan fingerprint density at radius 3 is 2.31 bits per heavy atom. The van der Waals surface area contributed by atoms with Crippen LogP contribution in [0.1, 0.15) is 25.7 Å². The second-order valence-corrected chi connectivity index (χ2v) is 2.04. The van der Waals surface area contributed by atoms with Gasteiger partial charge in [0, 0.05) is 0 Å². The minimum atomic E-state index is 0. The average Bonchev–Trinajstić information content (AvgIpc) is 2.10. The van der Waals surface area contributed by atoms with Crippen LogP contribution in [0.2, 0.25) is 0 Å². The van der Waals surface area contributed by atoms with Gasteiger partial charge in [-0.3, -0.25) is 19.7 Å². The van der Waals surface area contributed by atoms with Crippen molar-refractivity contribution in [3.05, 3.63) is 24.3 Å². The van der Waals surface area contributed by atoms with E-state index in [9.17, 15) is 0 Å². The molecule has 3 heteroatoms. The average molecular weight is 224 g/mol. The molecule has 1 rings (SSSR count). The summed E-state index contributed by atoms with van der Waals surface area (Å²) in [6.45, 7) is 6.50. The molecular formula is C10H13CoO2. The van der Waals surface area contributed by atoms with E-state index in [2.05, 4.69) is 31.8 Å². The summed E-state index contributed by atoms with van der Waals surface area (Å²) in [6.07, 6.45) is 14.5. The standard InChI is InChI=1S/C8H11.2CHO.Co/c1-2-4-6-8-7-5-3-1;2*1-2;/h1-3H,4,6-8H2;2*1H;/q3*-1;+3. The van der Waals surface area contributed by atoms with Crippen LogP contribution in [-0.2, 0) is 26.4 Å². The van der Waals surface area contributed by atoms with Crippen molar-refractivity contribution in [1.29, 1.82) is 0 Å². The van der Waals surface area contributed by atoms with Crippen molar-refractivity contribution in [3.63, 3.8) is 0 Å². The molecule has 0 radical (unpaired) electrons. The topological polar surface area (TPSA) is 34.1 Å². The van der Waals surface area contributed by atoms with Crippen LogP contribution in [0.15, 0.2) is 18.2 Å². The first kappa shape index (κ1) is 18.2. The third-order valence-electron chi connectivity index (χ3n) is 1.29. The number of hydrogen-bond acceptors (Lipinski definition) is 2. The molecule has 0 N–H and O–H groups in total. The molecule has 0 aromatic rings. The molecule has 0 atom stereocenters. The second kappa shape index (κ2) is 22.5. The van der Waals surface area contributed by atoms with Crippen LogP contribution in [0.25, 0.3) is 0 Å². The molecule has 0 aliphatic heterocycles. The molecule has 0 unspecified atom stereocenters. The van der Waals surface area contributed by atoms with E-state index in [0.29, 0.717) is 0 Å². The quantitative estimate of drug-likeness (QED) is 0.465. The molecule has 0 saturated carbocycles. The molecule has 1 aliphatic carbocycles. The zero-order valence-corrected chi connectivity index (χ0v) is 8.41. The van der Waals surface area contributed by atoms with E-state index in [1.165, 1.54) is 19.3 Å². The van der Waals surface area contributed by atoms with Gasteiger partial charge in [0.05, 0.1) is 0 Å². The molecule has 0 aromatic heterocycles. The van der Waals surface area contributed by atoms with E-state index in [1.54, 1.807) is 0 Å². The van der Waals surface area contributed by atoms with Crippen molar-refractivity contribution < 1.29 is 26.4 Å². The van der Waals surface area contributed by atoms with Crippen molar-refractivity contribution in [2.45, 2.75) is 25.7 Å². The molecule has 0 amide bonds. The fraction of sp³-hybridized carbons (Fsp3) is 0.400. The predicted molar refractivity (Wildman–Crippen MR) is 48.9 cm³/mol. The molecule has 0 bridgehead atoms. The van der Waals surface area contributed by atoms with Gasteiger partial charge >= 0.3 is 16.8 Å². The largest absolute Gasteiger partial charge is 3.00 e. The molecule has 2 nitrogen and oxygen atoms in total. The summed E-state index contributed by atoms with van der Waals surface area (Å²) in [7, 11) is 0. The molecule has 0 aromatic carbocycles. The van der Waals surface area contributed by atoms with Crippen LogP contribution in [0.4, 0.5) is 0 Å². The Hall–Kier alpha value is -0.674. The normalized spacial score (nSPS) is 12.9. The summed E-state index contributed by atoms with van der Waals surface area (Å²) in [5.41, 5.74) is 0. The first-order valence-electron chi connectivity index (χ1n) is 3.69. The second-order valence-electron chi connectivity index (χ2n) is 2.04. The van der Waals surface area contributed by atoms with Gasteiger partial charge in [-0.1, -0.05) is 19.3 Å². The SMILES string of the molecule is [C-]1=CC=CCCCC1.[CH-]=O.[CH-]=O.[Co+3]. The van der Waals surface area contributed by atoms with Crippen LogP contribution < -0.4 is 0 Å². The van der Waals surface area contributed by atoms with Crippen LogP contribution in [0.5, 0.6) is 0 Å². The maximum absolute atomic E-state index is 7.75.